The monoisotopic (exact) mass is 263 g/mol. The Bertz CT molecular complexity index is 408. The van der Waals surface area contributed by atoms with E-state index in [1.54, 1.807) is 0 Å². The molecule has 1 aromatic rings. The van der Waals surface area contributed by atoms with Gasteiger partial charge in [0.15, 0.2) is 0 Å². The van der Waals surface area contributed by atoms with Crippen LogP contribution in [-0.2, 0) is 4.74 Å². The maximum Gasteiger partial charge on any atom is 0.0924 e. The van der Waals surface area contributed by atoms with E-state index in [1.165, 1.54) is 0 Å². The molecule has 0 aliphatic carbocycles. The largest absolute Gasteiger partial charge is 0.373 e. The van der Waals surface area contributed by atoms with Gasteiger partial charge in [0, 0.05) is 24.3 Å². The summed E-state index contributed by atoms with van der Waals surface area (Å²) in [5, 5.41) is 0. The van der Waals surface area contributed by atoms with Crippen LogP contribution in [0, 0.1) is 0 Å². The number of pyridine rings is 1. The Morgan fingerprint density at radius 1 is 1.42 bits per heavy atom. The highest BCUT2D eigenvalue weighted by Crippen LogP contribution is 2.22. The van der Waals surface area contributed by atoms with Crippen LogP contribution in [-0.4, -0.2) is 36.3 Å². The molecule has 2 rings (SSSR count). The van der Waals surface area contributed by atoms with E-state index in [9.17, 15) is 0 Å². The van der Waals surface area contributed by atoms with Gasteiger partial charge in [0.1, 0.15) is 0 Å². The van der Waals surface area contributed by atoms with E-state index in [-0.39, 0.29) is 11.6 Å². The number of morpholine rings is 1. The first-order valence-corrected chi connectivity index (χ1v) is 6.99. The first-order chi connectivity index (χ1) is 8.88. The highest BCUT2D eigenvalue weighted by atomic mass is 16.5. The lowest BCUT2D eigenvalue weighted by Gasteiger charge is -2.40. The molecular weight excluding hydrogens is 238 g/mol. The zero-order chi connectivity index (χ0) is 14.0. The topological polar surface area (TPSA) is 51.4 Å². The summed E-state index contributed by atoms with van der Waals surface area (Å²) in [5.74, 6) is 0.467. The van der Waals surface area contributed by atoms with Crippen LogP contribution in [0.25, 0.3) is 0 Å². The molecule has 0 aromatic carbocycles. The predicted molar refractivity (Wildman–Crippen MR) is 78.5 cm³/mol. The summed E-state index contributed by atoms with van der Waals surface area (Å²) in [6.07, 6.45) is 2.02. The van der Waals surface area contributed by atoms with E-state index in [4.69, 9.17) is 10.5 Å². The van der Waals surface area contributed by atoms with Gasteiger partial charge in [-0.05, 0) is 31.9 Å². The van der Waals surface area contributed by atoms with Gasteiger partial charge in [-0.1, -0.05) is 13.8 Å². The number of aromatic nitrogens is 1. The van der Waals surface area contributed by atoms with Crippen LogP contribution in [0.1, 0.15) is 39.3 Å². The van der Waals surface area contributed by atoms with E-state index in [0.717, 1.165) is 31.1 Å². The Morgan fingerprint density at radius 3 is 2.68 bits per heavy atom. The number of hydrogen-bond acceptors (Lipinski definition) is 4. The van der Waals surface area contributed by atoms with Crippen LogP contribution in [0.3, 0.4) is 0 Å². The Hall–Kier alpha value is -1.13. The summed E-state index contributed by atoms with van der Waals surface area (Å²) in [6.45, 7) is 10.8. The van der Waals surface area contributed by atoms with Crippen LogP contribution in [0.4, 0.5) is 5.69 Å². The van der Waals surface area contributed by atoms with Crippen molar-refractivity contribution < 1.29 is 4.74 Å². The summed E-state index contributed by atoms with van der Waals surface area (Å²) < 4.78 is 5.77. The van der Waals surface area contributed by atoms with Crippen molar-refractivity contribution in [1.29, 1.82) is 0 Å². The van der Waals surface area contributed by atoms with E-state index in [2.05, 4.69) is 35.9 Å². The Labute approximate surface area is 116 Å². The second kappa shape index (κ2) is 5.47. The Kier molecular flexibility index (Phi) is 4.11. The lowest BCUT2D eigenvalue weighted by atomic mass is 9.97. The van der Waals surface area contributed by atoms with Gasteiger partial charge in [0.2, 0.25) is 0 Å². The second-order valence-electron chi connectivity index (χ2n) is 6.22. The summed E-state index contributed by atoms with van der Waals surface area (Å²) in [5.41, 5.74) is 8.12. The van der Waals surface area contributed by atoms with E-state index >= 15 is 0 Å². The van der Waals surface area contributed by atoms with Gasteiger partial charge in [-0.2, -0.15) is 0 Å². The molecule has 0 radical (unpaired) electrons. The fourth-order valence-electron chi connectivity index (χ4n) is 2.26. The normalized spacial score (nSPS) is 20.9. The molecule has 4 heteroatoms. The van der Waals surface area contributed by atoms with Crippen molar-refractivity contribution in [3.8, 4) is 0 Å². The highest BCUT2D eigenvalue weighted by molar-refractivity contribution is 5.45. The van der Waals surface area contributed by atoms with E-state index < -0.39 is 0 Å². The van der Waals surface area contributed by atoms with Gasteiger partial charge < -0.3 is 15.4 Å². The minimum absolute atomic E-state index is 0.0611. The van der Waals surface area contributed by atoms with Crippen molar-refractivity contribution in [2.24, 2.45) is 5.73 Å². The van der Waals surface area contributed by atoms with Gasteiger partial charge >= 0.3 is 0 Å². The summed E-state index contributed by atoms with van der Waals surface area (Å²) in [7, 11) is 0. The third-order valence-corrected chi connectivity index (χ3v) is 3.62. The van der Waals surface area contributed by atoms with Crippen LogP contribution in [0.5, 0.6) is 0 Å². The molecule has 2 heterocycles. The van der Waals surface area contributed by atoms with Crippen molar-refractivity contribution in [1.82, 2.24) is 4.98 Å². The number of nitrogens with zero attached hydrogens (tertiary/aromatic N) is 2. The zero-order valence-electron chi connectivity index (χ0n) is 12.4. The fraction of sp³-hybridized carbons (Fsp3) is 0.667. The van der Waals surface area contributed by atoms with E-state index in [1.807, 2.05) is 20.0 Å². The average molecular weight is 263 g/mol. The van der Waals surface area contributed by atoms with Crippen molar-refractivity contribution in [3.05, 3.63) is 24.0 Å². The molecule has 0 spiro atoms. The SMILES string of the molecule is CC(C)c1ccc(N2CCOC(C(C)(C)N)C2)cn1. The molecule has 1 atom stereocenters. The minimum Gasteiger partial charge on any atom is -0.373 e. The molecular formula is C15H25N3O. The van der Waals surface area contributed by atoms with E-state index in [0.29, 0.717) is 5.92 Å². The minimum atomic E-state index is -0.316. The highest BCUT2D eigenvalue weighted by Gasteiger charge is 2.31. The summed E-state index contributed by atoms with van der Waals surface area (Å²) >= 11 is 0. The quantitative estimate of drug-likeness (QED) is 0.908. The Balaban J connectivity index is 2.09. The molecule has 1 aromatic heterocycles. The van der Waals surface area contributed by atoms with Crippen molar-refractivity contribution in [2.45, 2.75) is 45.3 Å². The smallest absolute Gasteiger partial charge is 0.0924 e. The molecule has 19 heavy (non-hydrogen) atoms. The van der Waals surface area contributed by atoms with Gasteiger partial charge in [-0.3, -0.25) is 4.98 Å². The molecule has 1 saturated heterocycles. The molecule has 1 fully saturated rings. The molecule has 106 valence electrons. The molecule has 4 nitrogen and oxygen atoms in total. The summed E-state index contributed by atoms with van der Waals surface area (Å²) in [4.78, 5) is 6.83. The molecule has 1 aliphatic heterocycles. The number of ether oxygens (including phenoxy) is 1. The second-order valence-corrected chi connectivity index (χ2v) is 6.22. The molecule has 0 amide bonds. The number of anilines is 1. The lowest BCUT2D eigenvalue weighted by Crippen LogP contribution is -2.56. The number of rotatable bonds is 3. The molecule has 2 N–H and O–H groups in total. The van der Waals surface area contributed by atoms with Crippen LogP contribution >= 0.6 is 0 Å². The first-order valence-electron chi connectivity index (χ1n) is 6.99. The molecule has 1 unspecified atom stereocenters. The van der Waals surface area contributed by atoms with Gasteiger partial charge in [0.05, 0.1) is 24.6 Å². The molecule has 0 saturated carbocycles. The zero-order valence-corrected chi connectivity index (χ0v) is 12.4. The fourth-order valence-corrected chi connectivity index (χ4v) is 2.26. The first kappa shape index (κ1) is 14.3. The van der Waals surface area contributed by atoms with Crippen LogP contribution in [0.15, 0.2) is 18.3 Å². The molecule has 1 aliphatic rings. The van der Waals surface area contributed by atoms with Crippen molar-refractivity contribution in [2.75, 3.05) is 24.6 Å². The lowest BCUT2D eigenvalue weighted by molar-refractivity contribution is -0.000229. The third kappa shape index (κ3) is 3.45. The molecule has 0 bridgehead atoms. The van der Waals surface area contributed by atoms with Crippen molar-refractivity contribution in [3.63, 3.8) is 0 Å². The van der Waals surface area contributed by atoms with Gasteiger partial charge in [-0.15, -0.1) is 0 Å². The number of hydrogen-bond donors (Lipinski definition) is 1. The predicted octanol–water partition coefficient (Wildman–Crippen LogP) is 2.15. The maximum atomic E-state index is 6.15. The van der Waals surface area contributed by atoms with Gasteiger partial charge in [0.25, 0.3) is 0 Å². The average Bonchev–Trinajstić information content (AvgIpc) is 2.38. The standard InChI is InChI=1S/C15H25N3O/c1-11(2)13-6-5-12(9-17-13)18-7-8-19-14(10-18)15(3,4)16/h5-6,9,11,14H,7-8,10,16H2,1-4H3. The van der Waals surface area contributed by atoms with Gasteiger partial charge in [-0.25, -0.2) is 0 Å². The third-order valence-electron chi connectivity index (χ3n) is 3.62. The number of nitrogens with two attached hydrogens (primary N) is 1. The summed E-state index contributed by atoms with van der Waals surface area (Å²) in [6, 6.07) is 4.26. The van der Waals surface area contributed by atoms with Crippen LogP contribution < -0.4 is 10.6 Å². The maximum absolute atomic E-state index is 6.15. The van der Waals surface area contributed by atoms with Crippen LogP contribution in [0.2, 0.25) is 0 Å². The Morgan fingerprint density at radius 2 is 2.16 bits per heavy atom. The van der Waals surface area contributed by atoms with Crippen molar-refractivity contribution >= 4 is 5.69 Å².